The molecule has 0 saturated heterocycles. The van der Waals surface area contributed by atoms with E-state index in [0.717, 1.165) is 0 Å². The van der Waals surface area contributed by atoms with Crippen molar-refractivity contribution in [2.45, 2.75) is 0 Å². The van der Waals surface area contributed by atoms with Crippen LogP contribution in [0.15, 0.2) is 49.0 Å². The summed E-state index contributed by atoms with van der Waals surface area (Å²) in [5.74, 6) is 0. The van der Waals surface area contributed by atoms with Crippen molar-refractivity contribution in [3.63, 3.8) is 0 Å². The van der Waals surface area contributed by atoms with E-state index < -0.39 is 0 Å². The molecule has 0 nitrogen and oxygen atoms in total. The Hall–Kier alpha value is -2.08. The molecule has 76 valence electrons. The Morgan fingerprint density at radius 2 is 1.69 bits per heavy atom. The largest absolute Gasteiger partial charge is 0.0984 e. The van der Waals surface area contributed by atoms with E-state index in [2.05, 4.69) is 55.1 Å². The van der Waals surface area contributed by atoms with Gasteiger partial charge in [-0.1, -0.05) is 61.2 Å². The fourth-order valence-electron chi connectivity index (χ4n) is 2.06. The molecular formula is C16H12. The van der Waals surface area contributed by atoms with Crippen LogP contribution in [0.25, 0.3) is 29.4 Å². The zero-order valence-electron chi connectivity index (χ0n) is 8.98. The Balaban J connectivity index is 2.15. The molecule has 0 radical (unpaired) electrons. The summed E-state index contributed by atoms with van der Waals surface area (Å²) in [6.07, 6.45) is 6.19. The van der Waals surface area contributed by atoms with Crippen LogP contribution in [0.2, 0.25) is 0 Å². The van der Waals surface area contributed by atoms with E-state index >= 15 is 0 Å². The lowest BCUT2D eigenvalue weighted by atomic mass is 9.91. The minimum Gasteiger partial charge on any atom is -0.0984 e. The van der Waals surface area contributed by atoms with Crippen molar-refractivity contribution in [3.05, 3.63) is 65.7 Å². The van der Waals surface area contributed by atoms with E-state index in [1.54, 1.807) is 0 Å². The second kappa shape index (κ2) is 3.49. The Labute approximate surface area is 95.6 Å². The highest BCUT2D eigenvalue weighted by molar-refractivity contribution is 5.88. The van der Waals surface area contributed by atoms with Gasteiger partial charge >= 0.3 is 0 Å². The molecule has 0 bridgehead atoms. The van der Waals surface area contributed by atoms with Gasteiger partial charge in [0.25, 0.3) is 0 Å². The normalized spacial score (nSPS) is 11.8. The summed E-state index contributed by atoms with van der Waals surface area (Å²) < 4.78 is 0. The number of rotatable bonds is 2. The SMILES string of the molecule is C=Cc1ccccc1-c1ccc2c(c1)C=C2. The lowest BCUT2D eigenvalue weighted by Crippen LogP contribution is -1.91. The summed E-state index contributed by atoms with van der Waals surface area (Å²) in [6.45, 7) is 3.86. The number of hydrogen-bond donors (Lipinski definition) is 0. The van der Waals surface area contributed by atoms with Gasteiger partial charge in [-0.3, -0.25) is 0 Å². The van der Waals surface area contributed by atoms with Crippen LogP contribution in [0.4, 0.5) is 0 Å². The fraction of sp³-hybridized carbons (Fsp3) is 0. The van der Waals surface area contributed by atoms with Gasteiger partial charge in [0.05, 0.1) is 0 Å². The maximum absolute atomic E-state index is 3.86. The van der Waals surface area contributed by atoms with Gasteiger partial charge in [0.15, 0.2) is 0 Å². The quantitative estimate of drug-likeness (QED) is 0.577. The van der Waals surface area contributed by atoms with Crippen LogP contribution < -0.4 is 0 Å². The van der Waals surface area contributed by atoms with E-state index in [0.29, 0.717) is 0 Å². The third-order valence-corrected chi connectivity index (χ3v) is 3.02. The van der Waals surface area contributed by atoms with Crippen LogP contribution in [-0.4, -0.2) is 0 Å². The first kappa shape index (κ1) is 9.17. The van der Waals surface area contributed by atoms with Crippen molar-refractivity contribution in [1.29, 1.82) is 0 Å². The molecular weight excluding hydrogens is 192 g/mol. The van der Waals surface area contributed by atoms with E-state index in [-0.39, 0.29) is 0 Å². The predicted octanol–water partition coefficient (Wildman–Crippen LogP) is 4.48. The Kier molecular flexibility index (Phi) is 2.00. The van der Waals surface area contributed by atoms with Gasteiger partial charge in [-0.2, -0.15) is 0 Å². The highest BCUT2D eigenvalue weighted by Gasteiger charge is 2.08. The molecule has 0 spiro atoms. The molecule has 0 aromatic heterocycles. The molecule has 1 aliphatic carbocycles. The van der Waals surface area contributed by atoms with Crippen LogP contribution in [0.1, 0.15) is 16.7 Å². The van der Waals surface area contributed by atoms with Crippen LogP contribution in [0.3, 0.4) is 0 Å². The van der Waals surface area contributed by atoms with Gasteiger partial charge in [0.1, 0.15) is 0 Å². The zero-order valence-corrected chi connectivity index (χ0v) is 8.98. The number of fused-ring (bicyclic) bond motifs is 1. The standard InChI is InChI=1S/C16H12/c1-2-12-5-3-4-6-16(12)15-10-8-13-7-9-14(13)11-15/h2-11H,1H2. The molecule has 0 heterocycles. The molecule has 0 heteroatoms. The minimum absolute atomic E-state index is 1.19. The van der Waals surface area contributed by atoms with E-state index in [1.165, 1.54) is 27.8 Å². The summed E-state index contributed by atoms with van der Waals surface area (Å²) in [7, 11) is 0. The van der Waals surface area contributed by atoms with Crippen molar-refractivity contribution in [3.8, 4) is 11.1 Å². The summed E-state index contributed by atoms with van der Waals surface area (Å²) in [4.78, 5) is 0. The van der Waals surface area contributed by atoms with Crippen LogP contribution >= 0.6 is 0 Å². The van der Waals surface area contributed by atoms with Crippen LogP contribution in [0.5, 0.6) is 0 Å². The third kappa shape index (κ3) is 1.31. The van der Waals surface area contributed by atoms with Crippen molar-refractivity contribution >= 4 is 18.2 Å². The fourth-order valence-corrected chi connectivity index (χ4v) is 2.06. The van der Waals surface area contributed by atoms with Gasteiger partial charge in [0.2, 0.25) is 0 Å². The molecule has 16 heavy (non-hydrogen) atoms. The first-order chi connectivity index (χ1) is 7.88. The summed E-state index contributed by atoms with van der Waals surface area (Å²) in [6, 6.07) is 14.9. The van der Waals surface area contributed by atoms with Gasteiger partial charge < -0.3 is 0 Å². The lowest BCUT2D eigenvalue weighted by molar-refractivity contribution is 1.54. The van der Waals surface area contributed by atoms with E-state index in [9.17, 15) is 0 Å². The first-order valence-corrected chi connectivity index (χ1v) is 5.42. The molecule has 3 rings (SSSR count). The summed E-state index contributed by atoms with van der Waals surface area (Å²) in [5.41, 5.74) is 6.36. The molecule has 0 amide bonds. The summed E-state index contributed by atoms with van der Waals surface area (Å²) >= 11 is 0. The smallest absolute Gasteiger partial charge is 0.0111 e. The minimum atomic E-state index is 1.19. The van der Waals surface area contributed by atoms with E-state index in [4.69, 9.17) is 0 Å². The van der Waals surface area contributed by atoms with Gasteiger partial charge in [-0.05, 0) is 33.9 Å². The topological polar surface area (TPSA) is 0 Å². The Morgan fingerprint density at radius 3 is 2.38 bits per heavy atom. The molecule has 0 aliphatic heterocycles. The van der Waals surface area contributed by atoms with E-state index in [1.807, 2.05) is 12.1 Å². The predicted molar refractivity (Wildman–Crippen MR) is 70.9 cm³/mol. The average molecular weight is 204 g/mol. The molecule has 2 aromatic rings. The average Bonchev–Trinajstić information content (AvgIpc) is 2.31. The third-order valence-electron chi connectivity index (χ3n) is 3.02. The Bertz CT molecular complexity index is 589. The first-order valence-electron chi connectivity index (χ1n) is 5.42. The second-order valence-electron chi connectivity index (χ2n) is 3.97. The van der Waals surface area contributed by atoms with Crippen molar-refractivity contribution < 1.29 is 0 Å². The second-order valence-corrected chi connectivity index (χ2v) is 3.97. The molecule has 0 unspecified atom stereocenters. The Morgan fingerprint density at radius 1 is 0.875 bits per heavy atom. The zero-order chi connectivity index (χ0) is 11.0. The molecule has 2 aromatic carbocycles. The maximum atomic E-state index is 3.86. The molecule has 0 N–H and O–H groups in total. The van der Waals surface area contributed by atoms with Crippen LogP contribution in [-0.2, 0) is 0 Å². The molecule has 0 fully saturated rings. The van der Waals surface area contributed by atoms with Gasteiger partial charge in [-0.15, -0.1) is 0 Å². The number of benzene rings is 2. The van der Waals surface area contributed by atoms with Crippen molar-refractivity contribution in [2.24, 2.45) is 0 Å². The van der Waals surface area contributed by atoms with Crippen molar-refractivity contribution in [2.75, 3.05) is 0 Å². The highest BCUT2D eigenvalue weighted by Crippen LogP contribution is 2.31. The monoisotopic (exact) mass is 204 g/mol. The molecule has 0 saturated carbocycles. The summed E-state index contributed by atoms with van der Waals surface area (Å²) in [5, 5.41) is 0. The van der Waals surface area contributed by atoms with Crippen LogP contribution in [0, 0.1) is 0 Å². The van der Waals surface area contributed by atoms with Gasteiger partial charge in [0, 0.05) is 0 Å². The number of hydrogen-bond acceptors (Lipinski definition) is 0. The lowest BCUT2D eigenvalue weighted by Gasteiger charge is -2.13. The molecule has 1 aliphatic rings. The maximum Gasteiger partial charge on any atom is -0.0111 e. The van der Waals surface area contributed by atoms with Crippen molar-refractivity contribution in [1.82, 2.24) is 0 Å². The van der Waals surface area contributed by atoms with Gasteiger partial charge in [-0.25, -0.2) is 0 Å². The molecule has 0 atom stereocenters. The highest BCUT2D eigenvalue weighted by atomic mass is 14.1.